The number of hydrogen-bond donors (Lipinski definition) is 3. The number of nitrogens with one attached hydrogen (secondary N) is 3. The fraction of sp³-hybridized carbons (Fsp3) is 0.0750. The van der Waals surface area contributed by atoms with Gasteiger partial charge in [0.2, 0.25) is 0 Å². The van der Waals surface area contributed by atoms with Crippen LogP contribution in [0.15, 0.2) is 103 Å². The summed E-state index contributed by atoms with van der Waals surface area (Å²) in [5.41, 5.74) is 14.6. The summed E-state index contributed by atoms with van der Waals surface area (Å²) in [7, 11) is 0. The number of benzene rings is 3. The second-order valence-corrected chi connectivity index (χ2v) is 13.2. The summed E-state index contributed by atoms with van der Waals surface area (Å²) >= 11 is 3.80. The normalized spacial score (nSPS) is 12.0. The van der Waals surface area contributed by atoms with E-state index in [1.807, 2.05) is 49.4 Å². The minimum absolute atomic E-state index is 0.0258. The second kappa shape index (κ2) is 11.5. The molecule has 0 unspecified atom stereocenters. The molecule has 0 aliphatic carbocycles. The number of rotatable bonds is 4. The Kier molecular flexibility index (Phi) is 7.11. The van der Waals surface area contributed by atoms with Crippen LogP contribution in [0.4, 0.5) is 5.69 Å². The first kappa shape index (κ1) is 29.7. The summed E-state index contributed by atoms with van der Waals surface area (Å²) in [5, 5.41) is 12.7. The minimum atomic E-state index is -0.330. The van der Waals surface area contributed by atoms with Crippen LogP contribution in [-0.4, -0.2) is 24.9 Å². The molecule has 234 valence electrons. The fourth-order valence-corrected chi connectivity index (χ4v) is 6.97. The van der Waals surface area contributed by atoms with Gasteiger partial charge in [-0.2, -0.15) is 0 Å². The first-order chi connectivity index (χ1) is 23.2. The van der Waals surface area contributed by atoms with Crippen LogP contribution >= 0.6 is 15.9 Å². The maximum absolute atomic E-state index is 12.7. The van der Waals surface area contributed by atoms with Gasteiger partial charge in [0, 0.05) is 49.3 Å². The van der Waals surface area contributed by atoms with Crippen molar-refractivity contribution >= 4 is 65.3 Å². The van der Waals surface area contributed by atoms with Gasteiger partial charge >= 0.3 is 0 Å². The Balaban J connectivity index is 1.61. The topological polar surface area (TPSA) is 103 Å². The van der Waals surface area contributed by atoms with Crippen LogP contribution in [0.5, 0.6) is 0 Å². The van der Waals surface area contributed by atoms with E-state index in [1.54, 1.807) is 6.07 Å². The predicted octanol–water partition coefficient (Wildman–Crippen LogP) is 11.3. The lowest BCUT2D eigenvalue weighted by Crippen LogP contribution is -1.88. The summed E-state index contributed by atoms with van der Waals surface area (Å²) < 4.78 is 0.785. The van der Waals surface area contributed by atoms with Gasteiger partial charge in [0.1, 0.15) is 5.52 Å². The number of aromatic nitrogens is 4. The van der Waals surface area contributed by atoms with Gasteiger partial charge in [-0.3, -0.25) is 10.1 Å². The lowest BCUT2D eigenvalue weighted by atomic mass is 10.0. The number of aryl methyl sites for hydroxylation is 3. The maximum Gasteiger partial charge on any atom is 0.295 e. The zero-order valence-electron chi connectivity index (χ0n) is 26.5. The van der Waals surface area contributed by atoms with Gasteiger partial charge < -0.3 is 15.0 Å². The van der Waals surface area contributed by atoms with E-state index in [1.165, 1.54) is 5.56 Å². The van der Waals surface area contributed by atoms with E-state index in [4.69, 9.17) is 4.98 Å². The lowest BCUT2D eigenvalue weighted by Gasteiger charge is -2.07. The predicted molar refractivity (Wildman–Crippen MR) is 200 cm³/mol. The van der Waals surface area contributed by atoms with Crippen LogP contribution in [0.2, 0.25) is 0 Å². The number of nitro groups is 1. The molecule has 1 aliphatic rings. The molecule has 8 heteroatoms. The molecule has 8 bridgehead atoms. The van der Waals surface area contributed by atoms with E-state index in [0.717, 1.165) is 71.2 Å². The Morgan fingerprint density at radius 1 is 0.583 bits per heavy atom. The monoisotopic (exact) mass is 691 g/mol. The zero-order chi connectivity index (χ0) is 33.1. The maximum atomic E-state index is 12.7. The molecule has 0 spiro atoms. The summed E-state index contributed by atoms with van der Waals surface area (Å²) in [4.78, 5) is 28.3. The molecule has 8 rings (SSSR count). The third-order valence-electron chi connectivity index (χ3n) is 8.95. The fourth-order valence-electron chi connectivity index (χ4n) is 6.47. The zero-order valence-corrected chi connectivity index (χ0v) is 28.1. The number of H-pyrrole nitrogens is 3. The highest BCUT2D eigenvalue weighted by atomic mass is 79.9. The van der Waals surface area contributed by atoms with Crippen LogP contribution < -0.4 is 0 Å². The lowest BCUT2D eigenvalue weighted by molar-refractivity contribution is -0.382. The molecule has 7 nitrogen and oxygen atoms in total. The molecule has 7 aromatic rings. The molecule has 5 heterocycles. The van der Waals surface area contributed by atoms with E-state index >= 15 is 0 Å². The Morgan fingerprint density at radius 2 is 1.02 bits per heavy atom. The highest BCUT2D eigenvalue weighted by Crippen LogP contribution is 2.41. The van der Waals surface area contributed by atoms with Gasteiger partial charge in [0.15, 0.2) is 0 Å². The second-order valence-electron chi connectivity index (χ2n) is 12.3. The van der Waals surface area contributed by atoms with Crippen molar-refractivity contribution in [2.24, 2.45) is 0 Å². The largest absolute Gasteiger partial charge is 0.354 e. The van der Waals surface area contributed by atoms with Gasteiger partial charge in [0.05, 0.1) is 21.8 Å². The molecule has 0 radical (unpaired) electrons. The van der Waals surface area contributed by atoms with Crippen LogP contribution in [0, 0.1) is 30.9 Å². The quantitative estimate of drug-likeness (QED) is 0.126. The molecule has 3 N–H and O–H groups in total. The third-order valence-corrected chi connectivity index (χ3v) is 9.55. The molecule has 0 atom stereocenters. The molecule has 0 fully saturated rings. The van der Waals surface area contributed by atoms with Crippen molar-refractivity contribution in [3.05, 3.63) is 141 Å². The van der Waals surface area contributed by atoms with Crippen molar-refractivity contribution in [2.75, 3.05) is 0 Å². The number of nitrogens with zero attached hydrogens (tertiary/aromatic N) is 2. The molecule has 0 saturated heterocycles. The standard InChI is InChI=1S/C40H30BrN5O2/c1-22-4-10-25(11-5-22)36-29-16-18-31(42-29)37(26-12-6-23(2)7-13-26)39-28(41)20-33(44-39)34-21-35(46(47)48)40(45-34)38(32-19-17-30(36)43-32)27-14-8-24(3)9-15-27/h4-21,42-43,45H,1-3H3. The number of halogens is 1. The Morgan fingerprint density at radius 3 is 1.52 bits per heavy atom. The van der Waals surface area contributed by atoms with Gasteiger partial charge in [-0.15, -0.1) is 0 Å². The number of aromatic amines is 3. The first-order valence-corrected chi connectivity index (χ1v) is 16.5. The molecule has 3 aromatic carbocycles. The average molecular weight is 693 g/mol. The molecule has 0 saturated carbocycles. The van der Waals surface area contributed by atoms with Gasteiger partial charge in [-0.05, 0) is 83.7 Å². The van der Waals surface area contributed by atoms with Crippen LogP contribution in [-0.2, 0) is 0 Å². The van der Waals surface area contributed by atoms with Crippen molar-refractivity contribution in [2.45, 2.75) is 20.8 Å². The molecule has 0 amide bonds. The van der Waals surface area contributed by atoms with Gasteiger partial charge in [-0.1, -0.05) is 89.5 Å². The van der Waals surface area contributed by atoms with E-state index in [2.05, 4.69) is 105 Å². The average Bonchev–Trinajstić information content (AvgIpc) is 3.89. The molecular formula is C40H30BrN5O2. The molecule has 4 aromatic heterocycles. The summed E-state index contributed by atoms with van der Waals surface area (Å²) in [5.74, 6) is 0. The summed E-state index contributed by atoms with van der Waals surface area (Å²) in [6.07, 6.45) is 1.92. The van der Waals surface area contributed by atoms with E-state index in [-0.39, 0.29) is 10.6 Å². The Labute approximate surface area is 284 Å². The number of hydrogen-bond acceptors (Lipinski definition) is 3. The van der Waals surface area contributed by atoms with Crippen LogP contribution in [0.3, 0.4) is 0 Å². The van der Waals surface area contributed by atoms with Gasteiger partial charge in [-0.25, -0.2) is 4.98 Å². The third kappa shape index (κ3) is 5.11. The SMILES string of the molecule is Cc1ccc(-c2c3nc(c4cc([N+](=O)[O-])c([nH]4)c(-c4ccc(C)cc4)c4ccc([nH]4)c(-c4ccc(C)cc4)c4ccc2[nH]4)C=C3Br)cc1. The van der Waals surface area contributed by atoms with Crippen molar-refractivity contribution < 1.29 is 4.92 Å². The van der Waals surface area contributed by atoms with Crippen molar-refractivity contribution in [1.29, 1.82) is 0 Å². The summed E-state index contributed by atoms with van der Waals surface area (Å²) in [6.45, 7) is 6.17. The first-order valence-electron chi connectivity index (χ1n) is 15.7. The van der Waals surface area contributed by atoms with Crippen LogP contribution in [0.1, 0.15) is 28.1 Å². The van der Waals surface area contributed by atoms with E-state index < -0.39 is 0 Å². The highest BCUT2D eigenvalue weighted by Gasteiger charge is 2.23. The smallest absolute Gasteiger partial charge is 0.295 e. The van der Waals surface area contributed by atoms with Crippen molar-refractivity contribution in [3.8, 4) is 33.4 Å². The van der Waals surface area contributed by atoms with E-state index in [9.17, 15) is 10.1 Å². The Hall–Kier alpha value is -5.73. The van der Waals surface area contributed by atoms with Crippen molar-refractivity contribution in [1.82, 2.24) is 19.9 Å². The minimum Gasteiger partial charge on any atom is -0.354 e. The van der Waals surface area contributed by atoms with Crippen molar-refractivity contribution in [3.63, 3.8) is 0 Å². The Bertz CT molecular complexity index is 2550. The number of fused-ring (bicyclic) bond motifs is 9. The van der Waals surface area contributed by atoms with Gasteiger partial charge in [0.25, 0.3) is 5.69 Å². The highest BCUT2D eigenvalue weighted by molar-refractivity contribution is 9.15. The van der Waals surface area contributed by atoms with E-state index in [0.29, 0.717) is 22.3 Å². The molecule has 1 aliphatic heterocycles. The molecule has 48 heavy (non-hydrogen) atoms. The van der Waals surface area contributed by atoms with Crippen LogP contribution in [0.25, 0.3) is 77.0 Å². The molecular weight excluding hydrogens is 662 g/mol. The summed E-state index contributed by atoms with van der Waals surface area (Å²) in [6, 6.07) is 34.7.